The Labute approximate surface area is 132 Å². The van der Waals surface area contributed by atoms with E-state index in [1.54, 1.807) is 12.3 Å². The van der Waals surface area contributed by atoms with Crippen molar-refractivity contribution in [1.29, 1.82) is 0 Å². The van der Waals surface area contributed by atoms with Crippen molar-refractivity contribution in [1.82, 2.24) is 20.7 Å². The van der Waals surface area contributed by atoms with E-state index in [2.05, 4.69) is 15.2 Å². The number of aromatic nitrogens is 3. The lowest BCUT2D eigenvalue weighted by Crippen LogP contribution is -2.20. The highest BCUT2D eigenvalue weighted by atomic mass is 16.5. The third-order valence-electron chi connectivity index (χ3n) is 3.29. The molecule has 23 heavy (non-hydrogen) atoms. The fourth-order valence-electron chi connectivity index (χ4n) is 2.04. The standard InChI is InChI=1S/C16H14N4O3/c1-10-2-4-11(5-3-10)14-9-23-15(17-14)8-12-6-7-13(19-18-12)16(21)20-22/h2-7,9,22H,8H2,1H3,(H,20,21). The van der Waals surface area contributed by atoms with Gasteiger partial charge in [-0.25, -0.2) is 10.5 Å². The number of hydroxylamine groups is 1. The van der Waals surface area contributed by atoms with Gasteiger partial charge in [0, 0.05) is 5.56 Å². The molecule has 0 saturated carbocycles. The van der Waals surface area contributed by atoms with Gasteiger partial charge < -0.3 is 4.42 Å². The molecular weight excluding hydrogens is 296 g/mol. The van der Waals surface area contributed by atoms with Crippen molar-refractivity contribution in [2.45, 2.75) is 13.3 Å². The molecule has 0 radical (unpaired) electrons. The summed E-state index contributed by atoms with van der Waals surface area (Å²) in [5.74, 6) is -0.198. The van der Waals surface area contributed by atoms with Crippen LogP contribution in [0.4, 0.5) is 0 Å². The Morgan fingerprint density at radius 2 is 1.96 bits per heavy atom. The van der Waals surface area contributed by atoms with Gasteiger partial charge in [0.15, 0.2) is 5.69 Å². The maximum atomic E-state index is 11.2. The van der Waals surface area contributed by atoms with Crippen LogP contribution in [-0.2, 0) is 6.42 Å². The summed E-state index contributed by atoms with van der Waals surface area (Å²) < 4.78 is 5.45. The van der Waals surface area contributed by atoms with Gasteiger partial charge in [0.05, 0.1) is 12.1 Å². The van der Waals surface area contributed by atoms with Crippen molar-refractivity contribution in [3.8, 4) is 11.3 Å². The third kappa shape index (κ3) is 3.41. The van der Waals surface area contributed by atoms with Gasteiger partial charge in [0.2, 0.25) is 5.89 Å². The van der Waals surface area contributed by atoms with Crippen LogP contribution in [0.5, 0.6) is 0 Å². The van der Waals surface area contributed by atoms with E-state index in [0.717, 1.165) is 11.3 Å². The Hall–Kier alpha value is -3.06. The molecule has 2 N–H and O–H groups in total. The average Bonchev–Trinajstić information content (AvgIpc) is 3.04. The molecule has 0 fully saturated rings. The van der Waals surface area contributed by atoms with Crippen molar-refractivity contribution in [3.05, 3.63) is 65.5 Å². The van der Waals surface area contributed by atoms with E-state index in [-0.39, 0.29) is 5.69 Å². The first-order chi connectivity index (χ1) is 11.2. The van der Waals surface area contributed by atoms with E-state index in [1.807, 2.05) is 31.2 Å². The number of carbonyl (C=O) groups excluding carboxylic acids is 1. The van der Waals surface area contributed by atoms with Crippen LogP contribution in [0, 0.1) is 6.92 Å². The first kappa shape index (κ1) is 14.9. The second-order valence-electron chi connectivity index (χ2n) is 5.02. The number of rotatable bonds is 4. The molecule has 3 rings (SSSR count). The zero-order valence-electron chi connectivity index (χ0n) is 12.4. The summed E-state index contributed by atoms with van der Waals surface area (Å²) in [6.07, 6.45) is 1.96. The SMILES string of the molecule is Cc1ccc(-c2coc(Cc3ccc(C(=O)NO)nn3)n2)cc1. The number of hydrogen-bond donors (Lipinski definition) is 2. The number of oxazole rings is 1. The summed E-state index contributed by atoms with van der Waals surface area (Å²) >= 11 is 0. The smallest absolute Gasteiger partial charge is 0.295 e. The number of benzene rings is 1. The maximum absolute atomic E-state index is 11.2. The van der Waals surface area contributed by atoms with Crippen LogP contribution < -0.4 is 5.48 Å². The molecule has 0 unspecified atom stereocenters. The zero-order valence-corrected chi connectivity index (χ0v) is 12.4. The molecule has 1 aromatic carbocycles. The molecule has 0 spiro atoms. The molecule has 2 aromatic heterocycles. The van der Waals surface area contributed by atoms with Gasteiger partial charge in [0.25, 0.3) is 5.91 Å². The summed E-state index contributed by atoms with van der Waals surface area (Å²) in [6, 6.07) is 11.1. The Kier molecular flexibility index (Phi) is 4.11. The molecule has 7 nitrogen and oxygen atoms in total. The minimum atomic E-state index is -0.707. The van der Waals surface area contributed by atoms with Crippen molar-refractivity contribution in [2.24, 2.45) is 0 Å². The molecule has 3 aromatic rings. The summed E-state index contributed by atoms with van der Waals surface area (Å²) in [5, 5.41) is 16.2. The normalized spacial score (nSPS) is 10.5. The summed E-state index contributed by atoms with van der Waals surface area (Å²) in [7, 11) is 0. The van der Waals surface area contributed by atoms with Gasteiger partial charge in [0.1, 0.15) is 12.0 Å². The number of nitrogens with zero attached hydrogens (tertiary/aromatic N) is 3. The average molecular weight is 310 g/mol. The fourth-order valence-corrected chi connectivity index (χ4v) is 2.04. The number of carbonyl (C=O) groups is 1. The molecule has 0 aliphatic heterocycles. The minimum absolute atomic E-state index is 0.0315. The number of aryl methyl sites for hydroxylation is 1. The van der Waals surface area contributed by atoms with Crippen LogP contribution in [-0.4, -0.2) is 26.3 Å². The largest absolute Gasteiger partial charge is 0.448 e. The monoisotopic (exact) mass is 310 g/mol. The second kappa shape index (κ2) is 6.37. The van der Waals surface area contributed by atoms with E-state index in [0.29, 0.717) is 18.0 Å². The number of nitrogens with one attached hydrogen (secondary N) is 1. The van der Waals surface area contributed by atoms with Crippen molar-refractivity contribution in [2.75, 3.05) is 0 Å². The van der Waals surface area contributed by atoms with Crippen LogP contribution >= 0.6 is 0 Å². The lowest BCUT2D eigenvalue weighted by atomic mass is 10.1. The predicted molar refractivity (Wildman–Crippen MR) is 80.8 cm³/mol. The molecule has 0 aliphatic carbocycles. The zero-order chi connectivity index (χ0) is 16.2. The van der Waals surface area contributed by atoms with Gasteiger partial charge in [-0.2, -0.15) is 5.10 Å². The van der Waals surface area contributed by atoms with E-state index >= 15 is 0 Å². The summed E-state index contributed by atoms with van der Waals surface area (Å²) in [5.41, 5.74) is 5.06. The molecular formula is C16H14N4O3. The Morgan fingerprint density at radius 3 is 2.61 bits per heavy atom. The Balaban J connectivity index is 1.74. The maximum Gasteiger partial charge on any atom is 0.295 e. The van der Waals surface area contributed by atoms with E-state index in [1.165, 1.54) is 17.1 Å². The first-order valence-corrected chi connectivity index (χ1v) is 6.94. The number of hydrogen-bond acceptors (Lipinski definition) is 6. The first-order valence-electron chi connectivity index (χ1n) is 6.94. The molecule has 1 amide bonds. The quantitative estimate of drug-likeness (QED) is 0.565. The molecule has 0 saturated heterocycles. The van der Waals surface area contributed by atoms with Gasteiger partial charge in [-0.15, -0.1) is 5.10 Å². The Bertz CT molecular complexity index is 810. The number of amides is 1. The van der Waals surface area contributed by atoms with E-state index < -0.39 is 5.91 Å². The van der Waals surface area contributed by atoms with Crippen LogP contribution in [0.3, 0.4) is 0 Å². The molecule has 0 aliphatic rings. The minimum Gasteiger partial charge on any atom is -0.448 e. The van der Waals surface area contributed by atoms with Crippen molar-refractivity contribution >= 4 is 5.91 Å². The van der Waals surface area contributed by atoms with Gasteiger partial charge >= 0.3 is 0 Å². The lowest BCUT2D eigenvalue weighted by Gasteiger charge is -1.99. The Morgan fingerprint density at radius 1 is 1.17 bits per heavy atom. The highest BCUT2D eigenvalue weighted by molar-refractivity contribution is 5.91. The van der Waals surface area contributed by atoms with E-state index in [9.17, 15) is 4.79 Å². The highest BCUT2D eigenvalue weighted by Crippen LogP contribution is 2.20. The molecule has 116 valence electrons. The second-order valence-corrected chi connectivity index (χ2v) is 5.02. The fraction of sp³-hybridized carbons (Fsp3) is 0.125. The van der Waals surface area contributed by atoms with Crippen LogP contribution in [0.25, 0.3) is 11.3 Å². The summed E-state index contributed by atoms with van der Waals surface area (Å²) in [6.45, 7) is 2.03. The summed E-state index contributed by atoms with van der Waals surface area (Å²) in [4.78, 5) is 15.6. The van der Waals surface area contributed by atoms with Crippen LogP contribution in [0.2, 0.25) is 0 Å². The van der Waals surface area contributed by atoms with Crippen LogP contribution in [0.15, 0.2) is 47.1 Å². The topological polar surface area (TPSA) is 101 Å². The van der Waals surface area contributed by atoms with Crippen molar-refractivity contribution < 1.29 is 14.4 Å². The molecule has 0 atom stereocenters. The van der Waals surface area contributed by atoms with Gasteiger partial charge in [-0.1, -0.05) is 29.8 Å². The van der Waals surface area contributed by atoms with Crippen molar-refractivity contribution in [3.63, 3.8) is 0 Å². The molecule has 7 heteroatoms. The third-order valence-corrected chi connectivity index (χ3v) is 3.29. The predicted octanol–water partition coefficient (Wildman–Crippen LogP) is 2.15. The molecule has 2 heterocycles. The lowest BCUT2D eigenvalue weighted by molar-refractivity contribution is 0.0699. The van der Waals surface area contributed by atoms with Crippen LogP contribution in [0.1, 0.15) is 27.6 Å². The van der Waals surface area contributed by atoms with Gasteiger partial charge in [-0.05, 0) is 19.1 Å². The highest BCUT2D eigenvalue weighted by Gasteiger charge is 2.10. The van der Waals surface area contributed by atoms with Gasteiger partial charge in [-0.3, -0.25) is 10.0 Å². The molecule has 0 bridgehead atoms. The van der Waals surface area contributed by atoms with E-state index in [4.69, 9.17) is 9.62 Å².